The number of phenolic OH excluding ortho intramolecular Hbond substituents is 1. The van der Waals surface area contributed by atoms with Crippen LogP contribution in [-0.2, 0) is 29.1 Å². The summed E-state index contributed by atoms with van der Waals surface area (Å²) >= 11 is 0. The summed E-state index contributed by atoms with van der Waals surface area (Å²) < 4.78 is 0. The summed E-state index contributed by atoms with van der Waals surface area (Å²) in [6, 6.07) is 25.1. The molecule has 2 aliphatic heterocycles. The number of para-hydroxylation sites is 1. The Bertz CT molecular complexity index is 1640. The topological polar surface area (TPSA) is 109 Å². The minimum Gasteiger partial charge on any atom is -0.508 e. The van der Waals surface area contributed by atoms with Crippen LogP contribution in [0.15, 0.2) is 91.1 Å². The predicted octanol–water partition coefficient (Wildman–Crippen LogP) is 3.90. The number of amides is 4. The number of fused-ring (bicyclic) bond motifs is 2. The van der Waals surface area contributed by atoms with Crippen molar-refractivity contribution in [2.75, 3.05) is 19.6 Å². The summed E-state index contributed by atoms with van der Waals surface area (Å²) in [4.78, 5) is 49.4. The molecule has 0 bridgehead atoms. The van der Waals surface area contributed by atoms with Crippen molar-refractivity contribution in [3.8, 4) is 5.75 Å². The van der Waals surface area contributed by atoms with Crippen LogP contribution in [0.25, 0.3) is 10.9 Å². The molecule has 0 radical (unpaired) electrons. The van der Waals surface area contributed by atoms with Gasteiger partial charge in [0, 0.05) is 37.6 Å². The highest BCUT2D eigenvalue weighted by Crippen LogP contribution is 2.31. The van der Waals surface area contributed by atoms with Crippen molar-refractivity contribution in [1.82, 2.24) is 30.1 Å². The van der Waals surface area contributed by atoms with E-state index in [1.807, 2.05) is 72.6 Å². The van der Waals surface area contributed by atoms with Crippen LogP contribution in [0.1, 0.15) is 30.0 Å². The molecule has 4 aromatic rings. The van der Waals surface area contributed by atoms with E-state index in [9.17, 15) is 19.5 Å². The zero-order valence-electron chi connectivity index (χ0n) is 24.7. The van der Waals surface area contributed by atoms with Gasteiger partial charge in [-0.05, 0) is 47.4 Å². The first-order valence-electron chi connectivity index (χ1n) is 15.0. The number of hydrogen-bond donors (Lipinski definition) is 2. The fourth-order valence-electron chi connectivity index (χ4n) is 6.17. The van der Waals surface area contributed by atoms with Gasteiger partial charge in [0.2, 0.25) is 11.8 Å². The Balaban J connectivity index is 1.31. The Morgan fingerprint density at radius 1 is 0.977 bits per heavy atom. The van der Waals surface area contributed by atoms with Crippen molar-refractivity contribution in [2.45, 2.75) is 45.1 Å². The van der Waals surface area contributed by atoms with Gasteiger partial charge in [0.05, 0.1) is 18.6 Å². The third kappa shape index (κ3) is 5.93. The number of urea groups is 1. The zero-order valence-corrected chi connectivity index (χ0v) is 24.7. The number of nitrogens with one attached hydrogen (secondary N) is 1. The summed E-state index contributed by atoms with van der Waals surface area (Å²) in [5.41, 5.74) is 3.61. The van der Waals surface area contributed by atoms with E-state index in [1.165, 1.54) is 0 Å². The van der Waals surface area contributed by atoms with Crippen molar-refractivity contribution in [1.29, 1.82) is 0 Å². The molecule has 3 aromatic carbocycles. The zero-order chi connectivity index (χ0) is 30.6. The Hall–Kier alpha value is -4.96. The highest BCUT2D eigenvalue weighted by molar-refractivity contribution is 5.92. The summed E-state index contributed by atoms with van der Waals surface area (Å²) in [5, 5.41) is 17.2. The van der Waals surface area contributed by atoms with Crippen LogP contribution in [0.5, 0.6) is 5.75 Å². The van der Waals surface area contributed by atoms with Gasteiger partial charge < -0.3 is 20.2 Å². The lowest BCUT2D eigenvalue weighted by atomic mass is 9.99. The van der Waals surface area contributed by atoms with Crippen LogP contribution < -0.4 is 5.32 Å². The van der Waals surface area contributed by atoms with Gasteiger partial charge in [0.15, 0.2) is 0 Å². The number of rotatable bonds is 9. The third-order valence-electron chi connectivity index (χ3n) is 8.30. The molecule has 0 unspecified atom stereocenters. The van der Waals surface area contributed by atoms with E-state index in [1.54, 1.807) is 45.3 Å². The Labute approximate surface area is 256 Å². The molecule has 2 fully saturated rings. The molecule has 44 heavy (non-hydrogen) atoms. The predicted molar refractivity (Wildman–Crippen MR) is 166 cm³/mol. The average Bonchev–Trinajstić information content (AvgIpc) is 3.37. The van der Waals surface area contributed by atoms with Gasteiger partial charge in [0.1, 0.15) is 18.0 Å². The standard InChI is InChI=1S/C34H36N6O4/c1-2-18-38(34(44)36-20-25-8-4-3-5-9-25)39-23-32(42)40-30(19-24-12-14-27(41)15-13-24)33(43)37(22-31(39)40)21-26-16-17-35-29-11-7-6-10-28(26)29/h3-17,30-31,41H,2,18-23H2,1H3,(H,36,44)/t30-,31+/m0/s1. The number of aromatic hydroxyl groups is 1. The molecule has 10 heteroatoms. The van der Waals surface area contributed by atoms with Gasteiger partial charge in [-0.15, -0.1) is 0 Å². The summed E-state index contributed by atoms with van der Waals surface area (Å²) in [5.74, 6) is -0.216. The first-order valence-corrected chi connectivity index (χ1v) is 15.0. The van der Waals surface area contributed by atoms with E-state index >= 15 is 0 Å². The largest absolute Gasteiger partial charge is 0.508 e. The number of carbonyl (C=O) groups excluding carboxylic acids is 3. The molecule has 2 atom stereocenters. The summed E-state index contributed by atoms with van der Waals surface area (Å²) in [7, 11) is 0. The number of piperazine rings is 1. The molecule has 10 nitrogen and oxygen atoms in total. The number of benzene rings is 3. The van der Waals surface area contributed by atoms with Gasteiger partial charge in [-0.25, -0.2) is 4.79 Å². The van der Waals surface area contributed by atoms with Gasteiger partial charge >= 0.3 is 6.03 Å². The molecular formula is C34H36N6O4. The lowest BCUT2D eigenvalue weighted by Crippen LogP contribution is -2.66. The van der Waals surface area contributed by atoms with Crippen LogP contribution in [0.2, 0.25) is 0 Å². The molecule has 2 N–H and O–H groups in total. The van der Waals surface area contributed by atoms with E-state index in [0.717, 1.165) is 27.6 Å². The molecule has 1 aromatic heterocycles. The number of hydrogen-bond acceptors (Lipinski definition) is 6. The van der Waals surface area contributed by atoms with Gasteiger partial charge in [-0.2, -0.15) is 5.01 Å². The maximum Gasteiger partial charge on any atom is 0.332 e. The second-order valence-electron chi connectivity index (χ2n) is 11.2. The van der Waals surface area contributed by atoms with Crippen molar-refractivity contribution >= 4 is 28.7 Å². The van der Waals surface area contributed by atoms with E-state index in [-0.39, 0.29) is 43.1 Å². The molecule has 3 heterocycles. The van der Waals surface area contributed by atoms with Gasteiger partial charge in [-0.1, -0.05) is 67.6 Å². The Morgan fingerprint density at radius 3 is 2.50 bits per heavy atom. The normalized spacial score (nSPS) is 18.5. The Morgan fingerprint density at radius 2 is 1.73 bits per heavy atom. The molecule has 2 saturated heterocycles. The van der Waals surface area contributed by atoms with E-state index in [2.05, 4.69) is 10.3 Å². The van der Waals surface area contributed by atoms with Crippen LogP contribution >= 0.6 is 0 Å². The number of phenols is 1. The maximum absolute atomic E-state index is 14.2. The highest BCUT2D eigenvalue weighted by Gasteiger charge is 2.52. The fraction of sp³-hybridized carbons (Fsp3) is 0.294. The smallest absolute Gasteiger partial charge is 0.332 e. The van der Waals surface area contributed by atoms with Crippen molar-refractivity contribution < 1.29 is 19.5 Å². The SMILES string of the molecule is CCCN(C(=O)NCc1ccccc1)N1CC(=O)N2[C@@H](Cc3ccc(O)cc3)C(=O)N(Cc3ccnc4ccccc34)C[C@@H]21. The van der Waals surface area contributed by atoms with Crippen LogP contribution in [0, 0.1) is 0 Å². The van der Waals surface area contributed by atoms with Gasteiger partial charge in [0.25, 0.3) is 0 Å². The van der Waals surface area contributed by atoms with Crippen LogP contribution in [0.3, 0.4) is 0 Å². The van der Waals surface area contributed by atoms with Crippen LogP contribution in [0.4, 0.5) is 4.79 Å². The fourth-order valence-corrected chi connectivity index (χ4v) is 6.17. The van der Waals surface area contributed by atoms with E-state index in [0.29, 0.717) is 26.1 Å². The molecule has 6 rings (SSSR count). The second-order valence-corrected chi connectivity index (χ2v) is 11.2. The van der Waals surface area contributed by atoms with Crippen molar-refractivity contribution in [3.05, 3.63) is 108 Å². The average molecular weight is 593 g/mol. The van der Waals surface area contributed by atoms with E-state index in [4.69, 9.17) is 0 Å². The van der Waals surface area contributed by atoms with E-state index < -0.39 is 12.2 Å². The summed E-state index contributed by atoms with van der Waals surface area (Å²) in [6.45, 7) is 3.36. The molecule has 0 saturated carbocycles. The molecule has 4 amide bonds. The summed E-state index contributed by atoms with van der Waals surface area (Å²) in [6.07, 6.45) is 2.21. The quantitative estimate of drug-likeness (QED) is 0.305. The number of carbonyl (C=O) groups is 3. The third-order valence-corrected chi connectivity index (χ3v) is 8.30. The first-order chi connectivity index (χ1) is 21.4. The monoisotopic (exact) mass is 592 g/mol. The van der Waals surface area contributed by atoms with Crippen molar-refractivity contribution in [3.63, 3.8) is 0 Å². The molecule has 0 spiro atoms. The van der Waals surface area contributed by atoms with Gasteiger partial charge in [-0.3, -0.25) is 19.6 Å². The first kappa shape index (κ1) is 29.1. The lowest BCUT2D eigenvalue weighted by molar-refractivity contribution is -0.157. The number of pyridine rings is 1. The minimum atomic E-state index is -0.764. The maximum atomic E-state index is 14.2. The molecule has 2 aliphatic rings. The number of nitrogens with zero attached hydrogens (tertiary/aromatic N) is 5. The highest BCUT2D eigenvalue weighted by atomic mass is 16.3. The molecular weight excluding hydrogens is 556 g/mol. The second kappa shape index (κ2) is 12.7. The number of hydrazine groups is 1. The molecule has 226 valence electrons. The molecule has 0 aliphatic carbocycles. The van der Waals surface area contributed by atoms with Crippen LogP contribution in [-0.4, -0.2) is 79.6 Å². The minimum absolute atomic E-state index is 0.00515. The lowest BCUT2D eigenvalue weighted by Gasteiger charge is -2.46. The Kier molecular flexibility index (Phi) is 8.42. The van der Waals surface area contributed by atoms with Crippen molar-refractivity contribution in [2.24, 2.45) is 0 Å². The number of aromatic nitrogens is 1.